The van der Waals surface area contributed by atoms with Crippen molar-refractivity contribution >= 4 is 29.7 Å². The number of hydrogen-bond acceptors (Lipinski definition) is 8. The largest absolute Gasteiger partial charge is 0.462 e. The molecular formula is C25H28N2O8. The average molecular weight is 485 g/mol. The van der Waals surface area contributed by atoms with E-state index in [9.17, 15) is 24.0 Å². The van der Waals surface area contributed by atoms with Crippen LogP contribution in [-0.4, -0.2) is 58.9 Å². The van der Waals surface area contributed by atoms with Gasteiger partial charge in [-0.15, -0.1) is 0 Å². The van der Waals surface area contributed by atoms with Crippen molar-refractivity contribution in [1.29, 1.82) is 0 Å². The third-order valence-corrected chi connectivity index (χ3v) is 5.62. The number of amides is 2. The van der Waals surface area contributed by atoms with Gasteiger partial charge in [-0.05, 0) is 44.4 Å². The molecule has 35 heavy (non-hydrogen) atoms. The number of nitrogens with one attached hydrogen (secondary N) is 1. The van der Waals surface area contributed by atoms with Gasteiger partial charge < -0.3 is 19.2 Å². The van der Waals surface area contributed by atoms with Crippen LogP contribution in [0.1, 0.15) is 80.5 Å². The SMILES string of the molecule is CCOC(=O)c1[nH]c(COC(=O)[C@H](C(C)C)N2C(=O)c3ccccc3C2=O)c(C(=O)OCC)c1C. The van der Waals surface area contributed by atoms with Crippen molar-refractivity contribution in [1.82, 2.24) is 9.88 Å². The number of fused-ring (bicyclic) bond motifs is 1. The van der Waals surface area contributed by atoms with E-state index in [0.29, 0.717) is 5.56 Å². The van der Waals surface area contributed by atoms with E-state index in [2.05, 4.69) is 4.98 Å². The Morgan fingerprint density at radius 1 is 0.914 bits per heavy atom. The Morgan fingerprint density at radius 3 is 1.97 bits per heavy atom. The van der Waals surface area contributed by atoms with Gasteiger partial charge in [0, 0.05) is 0 Å². The number of carbonyl (C=O) groups is 5. The molecule has 0 spiro atoms. The number of ether oxygens (including phenoxy) is 3. The monoisotopic (exact) mass is 484 g/mol. The van der Waals surface area contributed by atoms with Crippen LogP contribution in [0.2, 0.25) is 0 Å². The lowest BCUT2D eigenvalue weighted by Crippen LogP contribution is -2.48. The molecule has 1 aliphatic rings. The zero-order valence-corrected chi connectivity index (χ0v) is 20.3. The van der Waals surface area contributed by atoms with Crippen LogP contribution in [-0.2, 0) is 25.6 Å². The maximum atomic E-state index is 13.1. The highest BCUT2D eigenvalue weighted by molar-refractivity contribution is 6.22. The number of H-pyrrole nitrogens is 1. The lowest BCUT2D eigenvalue weighted by molar-refractivity contribution is -0.151. The number of imide groups is 1. The highest BCUT2D eigenvalue weighted by Gasteiger charge is 2.44. The Labute approximate surface area is 202 Å². The number of benzene rings is 1. The zero-order chi connectivity index (χ0) is 25.9. The highest BCUT2D eigenvalue weighted by Crippen LogP contribution is 2.28. The molecule has 2 amide bonds. The van der Waals surface area contributed by atoms with E-state index < -0.39 is 48.3 Å². The van der Waals surface area contributed by atoms with Crippen LogP contribution in [0.25, 0.3) is 0 Å². The Balaban J connectivity index is 1.88. The minimum Gasteiger partial charge on any atom is -0.462 e. The van der Waals surface area contributed by atoms with Crippen molar-refractivity contribution in [3.63, 3.8) is 0 Å². The van der Waals surface area contributed by atoms with E-state index in [0.717, 1.165) is 4.90 Å². The minimum atomic E-state index is -1.19. The molecule has 2 aromatic rings. The molecule has 1 N–H and O–H groups in total. The molecule has 0 saturated heterocycles. The van der Waals surface area contributed by atoms with Crippen LogP contribution in [0.15, 0.2) is 24.3 Å². The van der Waals surface area contributed by atoms with Crippen molar-refractivity contribution in [2.24, 2.45) is 5.92 Å². The second-order valence-electron chi connectivity index (χ2n) is 8.24. The summed E-state index contributed by atoms with van der Waals surface area (Å²) in [4.78, 5) is 67.5. The van der Waals surface area contributed by atoms with Gasteiger partial charge in [0.2, 0.25) is 0 Å². The maximum absolute atomic E-state index is 13.1. The van der Waals surface area contributed by atoms with Crippen molar-refractivity contribution in [2.45, 2.75) is 47.3 Å². The molecule has 0 saturated carbocycles. The fraction of sp³-hybridized carbons (Fsp3) is 0.400. The molecule has 1 aromatic heterocycles. The van der Waals surface area contributed by atoms with Gasteiger partial charge in [-0.25, -0.2) is 14.4 Å². The van der Waals surface area contributed by atoms with E-state index in [1.807, 2.05) is 0 Å². The second-order valence-corrected chi connectivity index (χ2v) is 8.24. The maximum Gasteiger partial charge on any atom is 0.355 e. The van der Waals surface area contributed by atoms with Gasteiger partial charge in [-0.3, -0.25) is 14.5 Å². The first-order valence-electron chi connectivity index (χ1n) is 11.3. The summed E-state index contributed by atoms with van der Waals surface area (Å²) < 4.78 is 15.6. The lowest BCUT2D eigenvalue weighted by atomic mass is 10.0. The summed E-state index contributed by atoms with van der Waals surface area (Å²) >= 11 is 0. The minimum absolute atomic E-state index is 0.0432. The van der Waals surface area contributed by atoms with Crippen LogP contribution < -0.4 is 0 Å². The molecule has 2 heterocycles. The van der Waals surface area contributed by atoms with Crippen molar-refractivity contribution in [3.05, 3.63) is 57.9 Å². The van der Waals surface area contributed by atoms with Crippen LogP contribution in [0.5, 0.6) is 0 Å². The average Bonchev–Trinajstić information content (AvgIpc) is 3.27. The predicted molar refractivity (Wildman–Crippen MR) is 123 cm³/mol. The number of nitrogens with zero attached hydrogens (tertiary/aromatic N) is 1. The molecule has 1 aromatic carbocycles. The summed E-state index contributed by atoms with van der Waals surface area (Å²) in [7, 11) is 0. The first kappa shape index (κ1) is 25.7. The lowest BCUT2D eigenvalue weighted by Gasteiger charge is -2.27. The Hall–Kier alpha value is -3.95. The van der Waals surface area contributed by atoms with E-state index in [4.69, 9.17) is 14.2 Å². The first-order chi connectivity index (χ1) is 16.6. The van der Waals surface area contributed by atoms with Gasteiger partial charge in [-0.1, -0.05) is 26.0 Å². The van der Waals surface area contributed by atoms with E-state index >= 15 is 0 Å². The molecular weight excluding hydrogens is 456 g/mol. The molecule has 0 radical (unpaired) electrons. The van der Waals surface area contributed by atoms with Gasteiger partial charge in [0.05, 0.1) is 35.6 Å². The predicted octanol–water partition coefficient (Wildman–Crippen LogP) is 3.04. The molecule has 1 atom stereocenters. The summed E-state index contributed by atoms with van der Waals surface area (Å²) in [6.45, 7) is 8.04. The van der Waals surface area contributed by atoms with Crippen LogP contribution in [0.4, 0.5) is 0 Å². The summed E-state index contributed by atoms with van der Waals surface area (Å²) in [5.41, 5.74) is 0.987. The van der Waals surface area contributed by atoms with E-state index in [1.165, 1.54) is 12.1 Å². The van der Waals surface area contributed by atoms with E-state index in [-0.39, 0.29) is 41.3 Å². The fourth-order valence-electron chi connectivity index (χ4n) is 4.02. The summed E-state index contributed by atoms with van der Waals surface area (Å²) in [6, 6.07) is 5.16. The van der Waals surface area contributed by atoms with Crippen LogP contribution in [0.3, 0.4) is 0 Å². The number of aromatic nitrogens is 1. The first-order valence-corrected chi connectivity index (χ1v) is 11.3. The molecule has 0 bridgehead atoms. The smallest absolute Gasteiger partial charge is 0.355 e. The van der Waals surface area contributed by atoms with Gasteiger partial charge >= 0.3 is 17.9 Å². The molecule has 0 aliphatic carbocycles. The third kappa shape index (κ3) is 4.82. The molecule has 0 fully saturated rings. The summed E-state index contributed by atoms with van der Waals surface area (Å²) in [5, 5.41) is 0. The molecule has 186 valence electrons. The quantitative estimate of drug-likeness (QED) is 0.326. The number of aromatic amines is 1. The summed E-state index contributed by atoms with van der Waals surface area (Å²) in [5.74, 6) is -3.78. The van der Waals surface area contributed by atoms with Crippen LogP contribution in [0, 0.1) is 12.8 Å². The number of hydrogen-bond donors (Lipinski definition) is 1. The van der Waals surface area contributed by atoms with Crippen LogP contribution >= 0.6 is 0 Å². The highest BCUT2D eigenvalue weighted by atomic mass is 16.5. The normalized spacial score (nSPS) is 13.6. The van der Waals surface area contributed by atoms with E-state index in [1.54, 1.807) is 46.8 Å². The van der Waals surface area contributed by atoms with Gasteiger partial charge in [0.1, 0.15) is 18.3 Å². The topological polar surface area (TPSA) is 132 Å². The molecule has 1 aliphatic heterocycles. The van der Waals surface area contributed by atoms with Crippen molar-refractivity contribution in [2.75, 3.05) is 13.2 Å². The van der Waals surface area contributed by atoms with Gasteiger partial charge in [-0.2, -0.15) is 0 Å². The molecule has 10 nitrogen and oxygen atoms in total. The number of carbonyl (C=O) groups excluding carboxylic acids is 5. The Morgan fingerprint density at radius 2 is 1.46 bits per heavy atom. The number of rotatable bonds is 9. The summed E-state index contributed by atoms with van der Waals surface area (Å²) in [6.07, 6.45) is 0. The van der Waals surface area contributed by atoms with Crippen molar-refractivity contribution in [3.8, 4) is 0 Å². The zero-order valence-electron chi connectivity index (χ0n) is 20.3. The standard InChI is InChI=1S/C25H28N2O8/c1-6-33-23(30)18-14(5)19(24(31)34-7-2)26-17(18)12-35-25(32)20(13(3)4)27-21(28)15-10-8-9-11-16(15)22(27)29/h8-11,13,20,26H,6-7,12H2,1-5H3/t20-/m0/s1. The Bertz CT molecular complexity index is 1150. The second kappa shape index (κ2) is 10.5. The molecule has 0 unspecified atom stereocenters. The van der Waals surface area contributed by atoms with Gasteiger partial charge in [0.15, 0.2) is 0 Å². The Kier molecular flexibility index (Phi) is 7.73. The third-order valence-electron chi connectivity index (χ3n) is 5.62. The van der Waals surface area contributed by atoms with Crippen molar-refractivity contribution < 1.29 is 38.2 Å². The van der Waals surface area contributed by atoms with Gasteiger partial charge in [0.25, 0.3) is 11.8 Å². The fourth-order valence-corrected chi connectivity index (χ4v) is 4.02. The number of esters is 3. The molecule has 3 rings (SSSR count). The molecule has 10 heteroatoms.